The molecule has 1 aliphatic heterocycles. The van der Waals surface area contributed by atoms with Gasteiger partial charge < -0.3 is 5.32 Å². The molecule has 0 saturated carbocycles. The number of anilines is 1. The van der Waals surface area contributed by atoms with Crippen LogP contribution in [0.3, 0.4) is 0 Å². The van der Waals surface area contributed by atoms with Crippen molar-refractivity contribution in [2.24, 2.45) is 0 Å². The number of carbonyl (C=O) groups is 1. The van der Waals surface area contributed by atoms with Crippen molar-refractivity contribution in [3.63, 3.8) is 0 Å². The first kappa shape index (κ1) is 19.2. The van der Waals surface area contributed by atoms with Crippen molar-refractivity contribution in [1.29, 1.82) is 0 Å². The fourth-order valence-corrected chi connectivity index (χ4v) is 3.54. The van der Waals surface area contributed by atoms with Crippen LogP contribution in [0, 0.1) is 5.82 Å². The average Bonchev–Trinajstić information content (AvgIpc) is 2.74. The Hall–Kier alpha value is -3.12. The minimum atomic E-state index is -0.368. The third kappa shape index (κ3) is 4.84. The lowest BCUT2D eigenvalue weighted by Crippen LogP contribution is -2.30. The minimum Gasteiger partial charge on any atom is -0.306 e. The third-order valence-electron chi connectivity index (χ3n) is 5.02. The first-order valence-electron chi connectivity index (χ1n) is 9.91. The Morgan fingerprint density at radius 1 is 1.03 bits per heavy atom. The van der Waals surface area contributed by atoms with E-state index in [0.717, 1.165) is 24.0 Å². The molecule has 3 aromatic rings. The monoisotopic (exact) mass is 390 g/mol. The van der Waals surface area contributed by atoms with Gasteiger partial charge in [-0.25, -0.2) is 14.4 Å². The summed E-state index contributed by atoms with van der Waals surface area (Å²) in [5, 5.41) is 3.61. The van der Waals surface area contributed by atoms with Crippen molar-refractivity contribution in [2.45, 2.75) is 25.8 Å². The van der Waals surface area contributed by atoms with E-state index in [0.29, 0.717) is 23.8 Å². The molecule has 1 amide bonds. The second-order valence-corrected chi connectivity index (χ2v) is 7.19. The van der Waals surface area contributed by atoms with Gasteiger partial charge in [-0.3, -0.25) is 9.69 Å². The lowest BCUT2D eigenvalue weighted by Gasteiger charge is -2.25. The summed E-state index contributed by atoms with van der Waals surface area (Å²) in [4.78, 5) is 24.1. The number of hydrogen-bond donors (Lipinski definition) is 1. The van der Waals surface area contributed by atoms with E-state index in [1.54, 1.807) is 18.2 Å². The maximum atomic E-state index is 13.7. The van der Waals surface area contributed by atoms with Gasteiger partial charge in [0.25, 0.3) is 0 Å². The van der Waals surface area contributed by atoms with Crippen LogP contribution in [0.5, 0.6) is 0 Å². The molecule has 4 rings (SSSR count). The molecule has 1 N–H and O–H groups in total. The molecule has 148 valence electrons. The Balaban J connectivity index is 1.56. The quantitative estimate of drug-likeness (QED) is 0.656. The highest BCUT2D eigenvalue weighted by atomic mass is 19.1. The number of piperidine rings is 1. The number of hydrogen-bond acceptors (Lipinski definition) is 4. The number of carbonyl (C=O) groups excluding carboxylic acids is 1. The molecule has 1 fully saturated rings. The third-order valence-corrected chi connectivity index (χ3v) is 5.02. The van der Waals surface area contributed by atoms with Crippen molar-refractivity contribution in [1.82, 2.24) is 14.9 Å². The van der Waals surface area contributed by atoms with E-state index >= 15 is 0 Å². The van der Waals surface area contributed by atoms with Gasteiger partial charge in [-0.2, -0.15) is 0 Å². The Kier molecular flexibility index (Phi) is 5.91. The molecule has 0 unspecified atom stereocenters. The van der Waals surface area contributed by atoms with Crippen LogP contribution in [0.25, 0.3) is 17.0 Å². The number of likely N-dealkylation sites (tertiary alicyclic amines) is 1. The molecular weight excluding hydrogens is 367 g/mol. The van der Waals surface area contributed by atoms with Crippen LogP contribution in [-0.4, -0.2) is 33.9 Å². The fraction of sp³-hybridized carbons (Fsp3) is 0.261. The second kappa shape index (κ2) is 8.92. The zero-order valence-corrected chi connectivity index (χ0v) is 16.1. The van der Waals surface area contributed by atoms with Crippen LogP contribution in [0.1, 0.15) is 30.7 Å². The summed E-state index contributed by atoms with van der Waals surface area (Å²) in [5.41, 5.74) is 1.16. The van der Waals surface area contributed by atoms with Gasteiger partial charge in [0.05, 0.1) is 12.1 Å². The summed E-state index contributed by atoms with van der Waals surface area (Å²) in [6, 6.07) is 13.9. The Morgan fingerprint density at radius 2 is 1.79 bits per heavy atom. The number of para-hydroxylation sites is 1. The van der Waals surface area contributed by atoms with Crippen LogP contribution in [0.2, 0.25) is 0 Å². The SMILES string of the molecule is O=C(/C=C/c1ccccc1F)Nc1nc(CN2CCCCC2)nc2ccccc12. The largest absolute Gasteiger partial charge is 0.306 e. The van der Waals surface area contributed by atoms with E-state index in [9.17, 15) is 9.18 Å². The molecule has 0 bridgehead atoms. The topological polar surface area (TPSA) is 58.1 Å². The number of fused-ring (bicyclic) bond motifs is 1. The smallest absolute Gasteiger partial charge is 0.249 e. The molecule has 0 atom stereocenters. The molecule has 29 heavy (non-hydrogen) atoms. The molecule has 0 radical (unpaired) electrons. The van der Waals surface area contributed by atoms with Gasteiger partial charge in [0.15, 0.2) is 0 Å². The highest BCUT2D eigenvalue weighted by molar-refractivity contribution is 6.05. The Morgan fingerprint density at radius 3 is 2.62 bits per heavy atom. The number of nitrogens with zero attached hydrogens (tertiary/aromatic N) is 3. The number of benzene rings is 2. The molecule has 1 aliphatic rings. The second-order valence-electron chi connectivity index (χ2n) is 7.19. The Bertz CT molecular complexity index is 1040. The van der Waals surface area contributed by atoms with Crippen molar-refractivity contribution < 1.29 is 9.18 Å². The van der Waals surface area contributed by atoms with Crippen LogP contribution in [0.15, 0.2) is 54.6 Å². The van der Waals surface area contributed by atoms with Crippen LogP contribution in [0.4, 0.5) is 10.2 Å². The first-order chi connectivity index (χ1) is 14.2. The molecule has 1 aromatic heterocycles. The summed E-state index contributed by atoms with van der Waals surface area (Å²) < 4.78 is 13.7. The fourth-order valence-electron chi connectivity index (χ4n) is 3.54. The molecule has 6 heteroatoms. The number of aromatic nitrogens is 2. The molecule has 2 aromatic carbocycles. The summed E-state index contributed by atoms with van der Waals surface area (Å²) in [7, 11) is 0. The predicted molar refractivity (Wildman–Crippen MR) is 113 cm³/mol. The predicted octanol–water partition coefficient (Wildman–Crippen LogP) is 4.41. The van der Waals surface area contributed by atoms with Crippen LogP contribution >= 0.6 is 0 Å². The van der Waals surface area contributed by atoms with Crippen LogP contribution < -0.4 is 5.32 Å². The summed E-state index contributed by atoms with van der Waals surface area (Å²) in [6.07, 6.45) is 6.43. The number of nitrogens with one attached hydrogen (secondary N) is 1. The first-order valence-corrected chi connectivity index (χ1v) is 9.91. The van der Waals surface area contributed by atoms with E-state index in [-0.39, 0.29) is 11.7 Å². The van der Waals surface area contributed by atoms with Gasteiger partial charge in [-0.1, -0.05) is 36.8 Å². The van der Waals surface area contributed by atoms with Crippen molar-refractivity contribution in [2.75, 3.05) is 18.4 Å². The molecular formula is C23H23FN4O. The summed E-state index contributed by atoms with van der Waals surface area (Å²) >= 11 is 0. The van der Waals surface area contributed by atoms with E-state index < -0.39 is 0 Å². The maximum Gasteiger partial charge on any atom is 0.249 e. The van der Waals surface area contributed by atoms with Gasteiger partial charge in [0.2, 0.25) is 5.91 Å². The maximum absolute atomic E-state index is 13.7. The van der Waals surface area contributed by atoms with Crippen molar-refractivity contribution in [3.05, 3.63) is 71.8 Å². The number of rotatable bonds is 5. The minimum absolute atomic E-state index is 0.360. The van der Waals surface area contributed by atoms with E-state index in [2.05, 4.69) is 20.2 Å². The van der Waals surface area contributed by atoms with Gasteiger partial charge >= 0.3 is 0 Å². The molecule has 5 nitrogen and oxygen atoms in total. The number of amides is 1. The average molecular weight is 390 g/mol. The zero-order valence-electron chi connectivity index (χ0n) is 16.1. The van der Waals surface area contributed by atoms with Crippen molar-refractivity contribution in [3.8, 4) is 0 Å². The molecule has 1 saturated heterocycles. The summed E-state index contributed by atoms with van der Waals surface area (Å²) in [5.74, 6) is 0.443. The highest BCUT2D eigenvalue weighted by Crippen LogP contribution is 2.21. The Labute approximate surface area is 169 Å². The summed E-state index contributed by atoms with van der Waals surface area (Å²) in [6.45, 7) is 2.76. The molecule has 0 aliphatic carbocycles. The molecule has 0 spiro atoms. The van der Waals surface area contributed by atoms with Crippen molar-refractivity contribution >= 4 is 28.7 Å². The van der Waals surface area contributed by atoms with E-state index in [1.807, 2.05) is 24.3 Å². The standard InChI is InChI=1S/C23H23FN4O/c24-19-10-4-2-8-17(19)12-13-22(29)27-23-18-9-3-5-11-20(18)25-21(26-23)16-28-14-6-1-7-15-28/h2-5,8-13H,1,6-7,14-16H2,(H,25,26,27,29)/b13-12+. The normalized spacial score (nSPS) is 15.1. The molecule has 2 heterocycles. The van der Waals surface area contributed by atoms with Gasteiger partial charge in [-0.15, -0.1) is 0 Å². The highest BCUT2D eigenvalue weighted by Gasteiger charge is 2.15. The number of halogens is 1. The van der Waals surface area contributed by atoms with Gasteiger partial charge in [-0.05, 0) is 50.2 Å². The van der Waals surface area contributed by atoms with Gasteiger partial charge in [0.1, 0.15) is 17.5 Å². The van der Waals surface area contributed by atoms with E-state index in [1.165, 1.54) is 37.5 Å². The lowest BCUT2D eigenvalue weighted by atomic mass is 10.1. The van der Waals surface area contributed by atoms with Crippen LogP contribution in [-0.2, 0) is 11.3 Å². The van der Waals surface area contributed by atoms with E-state index in [4.69, 9.17) is 0 Å². The lowest BCUT2D eigenvalue weighted by molar-refractivity contribution is -0.111. The van der Waals surface area contributed by atoms with Gasteiger partial charge in [0, 0.05) is 17.0 Å². The zero-order chi connectivity index (χ0) is 20.1.